The number of nitro benzene ring substituents is 1. The Morgan fingerprint density at radius 2 is 1.96 bits per heavy atom. The van der Waals surface area contributed by atoms with Crippen molar-refractivity contribution in [3.8, 4) is 0 Å². The molecule has 128 valence electrons. The average Bonchev–Trinajstić information content (AvgIpc) is 2.62. The summed E-state index contributed by atoms with van der Waals surface area (Å²) in [5.74, 6) is -1.44. The Morgan fingerprint density at radius 3 is 2.72 bits per heavy atom. The third kappa shape index (κ3) is 3.35. The first-order chi connectivity index (χ1) is 12.0. The molecule has 0 saturated heterocycles. The van der Waals surface area contributed by atoms with Crippen LogP contribution >= 0.6 is 0 Å². The van der Waals surface area contributed by atoms with Crippen molar-refractivity contribution >= 4 is 23.2 Å². The summed E-state index contributed by atoms with van der Waals surface area (Å²) in [5.41, 5.74) is 2.28. The Hall–Kier alpha value is -3.22. The molecular formula is C18H17N3O4. The van der Waals surface area contributed by atoms with Crippen LogP contribution in [0.25, 0.3) is 0 Å². The van der Waals surface area contributed by atoms with Crippen LogP contribution in [0.5, 0.6) is 0 Å². The van der Waals surface area contributed by atoms with Gasteiger partial charge in [-0.05, 0) is 30.5 Å². The molecule has 1 heterocycles. The number of fused-ring (bicyclic) bond motifs is 1. The van der Waals surface area contributed by atoms with Crippen LogP contribution in [0, 0.1) is 10.1 Å². The van der Waals surface area contributed by atoms with Crippen molar-refractivity contribution in [2.24, 2.45) is 0 Å². The van der Waals surface area contributed by atoms with Gasteiger partial charge in [0, 0.05) is 24.4 Å². The van der Waals surface area contributed by atoms with Gasteiger partial charge in [0.25, 0.3) is 5.69 Å². The van der Waals surface area contributed by atoms with Gasteiger partial charge in [-0.2, -0.15) is 0 Å². The fourth-order valence-electron chi connectivity index (χ4n) is 3.06. The standard InChI is InChI=1S/C18H17N3O4/c1-12-16-8-3-2-5-13(16)9-10-20(12)18(23)17(22)19-14-6-4-7-15(11-14)21(24)25/h2-8,11-12H,9-10H2,1H3,(H,19,22)/t12-/m0/s1. The topological polar surface area (TPSA) is 92.6 Å². The number of rotatable bonds is 2. The second kappa shape index (κ2) is 6.72. The number of nitrogens with one attached hydrogen (secondary N) is 1. The summed E-state index contributed by atoms with van der Waals surface area (Å²) in [6, 6.07) is 13.2. The van der Waals surface area contributed by atoms with Crippen molar-refractivity contribution in [3.63, 3.8) is 0 Å². The molecule has 1 N–H and O–H groups in total. The summed E-state index contributed by atoms with van der Waals surface area (Å²) in [6.45, 7) is 2.34. The van der Waals surface area contributed by atoms with Gasteiger partial charge >= 0.3 is 11.8 Å². The lowest BCUT2D eigenvalue weighted by Gasteiger charge is -2.34. The van der Waals surface area contributed by atoms with E-state index in [1.165, 1.54) is 34.7 Å². The molecule has 1 atom stereocenters. The lowest BCUT2D eigenvalue weighted by molar-refractivity contribution is -0.384. The summed E-state index contributed by atoms with van der Waals surface area (Å²) in [4.78, 5) is 36.6. The van der Waals surface area contributed by atoms with E-state index in [4.69, 9.17) is 0 Å². The van der Waals surface area contributed by atoms with Crippen molar-refractivity contribution in [2.45, 2.75) is 19.4 Å². The molecule has 0 aromatic heterocycles. The van der Waals surface area contributed by atoms with Gasteiger partial charge in [0.15, 0.2) is 0 Å². The van der Waals surface area contributed by atoms with Crippen molar-refractivity contribution in [1.29, 1.82) is 0 Å². The molecule has 0 fully saturated rings. The molecule has 0 aliphatic carbocycles. The summed E-state index contributed by atoms with van der Waals surface area (Å²) in [5, 5.41) is 13.2. The number of anilines is 1. The third-order valence-electron chi connectivity index (χ3n) is 4.36. The van der Waals surface area contributed by atoms with Crippen LogP contribution in [0.4, 0.5) is 11.4 Å². The molecule has 2 aromatic rings. The van der Waals surface area contributed by atoms with Gasteiger partial charge in [0.2, 0.25) is 0 Å². The third-order valence-corrected chi connectivity index (χ3v) is 4.36. The molecular weight excluding hydrogens is 322 g/mol. The number of carbonyl (C=O) groups excluding carboxylic acids is 2. The highest BCUT2D eigenvalue weighted by atomic mass is 16.6. The Kier molecular flexibility index (Phi) is 4.47. The van der Waals surface area contributed by atoms with E-state index in [0.717, 1.165) is 5.56 Å². The van der Waals surface area contributed by atoms with Crippen molar-refractivity contribution in [1.82, 2.24) is 4.90 Å². The highest BCUT2D eigenvalue weighted by Gasteiger charge is 2.31. The number of nitrogens with zero attached hydrogens (tertiary/aromatic N) is 2. The maximum Gasteiger partial charge on any atom is 0.313 e. The van der Waals surface area contributed by atoms with Gasteiger partial charge in [-0.1, -0.05) is 30.3 Å². The predicted molar refractivity (Wildman–Crippen MR) is 92.0 cm³/mol. The number of benzene rings is 2. The summed E-state index contributed by atoms with van der Waals surface area (Å²) >= 11 is 0. The van der Waals surface area contributed by atoms with Crippen molar-refractivity contribution in [3.05, 3.63) is 69.8 Å². The molecule has 7 heteroatoms. The molecule has 0 spiro atoms. The predicted octanol–water partition coefficient (Wildman–Crippen LogP) is 2.68. The van der Waals surface area contributed by atoms with Gasteiger partial charge < -0.3 is 10.2 Å². The molecule has 0 unspecified atom stereocenters. The largest absolute Gasteiger partial charge is 0.327 e. The highest BCUT2D eigenvalue weighted by molar-refractivity contribution is 6.39. The molecule has 2 aromatic carbocycles. The number of amides is 2. The number of non-ortho nitro benzene ring substituents is 1. The van der Waals surface area contributed by atoms with Crippen LogP contribution in [0.1, 0.15) is 24.1 Å². The van der Waals surface area contributed by atoms with E-state index in [-0.39, 0.29) is 17.4 Å². The van der Waals surface area contributed by atoms with Gasteiger partial charge in [0.1, 0.15) is 0 Å². The van der Waals surface area contributed by atoms with Crippen LogP contribution in [-0.2, 0) is 16.0 Å². The number of hydrogen-bond acceptors (Lipinski definition) is 4. The van der Waals surface area contributed by atoms with Crippen molar-refractivity contribution in [2.75, 3.05) is 11.9 Å². The second-order valence-electron chi connectivity index (χ2n) is 5.88. The number of hydrogen-bond donors (Lipinski definition) is 1. The molecule has 25 heavy (non-hydrogen) atoms. The second-order valence-corrected chi connectivity index (χ2v) is 5.88. The minimum Gasteiger partial charge on any atom is -0.327 e. The zero-order valence-corrected chi connectivity index (χ0v) is 13.6. The Morgan fingerprint density at radius 1 is 1.20 bits per heavy atom. The summed E-state index contributed by atoms with van der Waals surface area (Å²) in [6.07, 6.45) is 0.691. The van der Waals surface area contributed by atoms with Gasteiger partial charge in [0.05, 0.1) is 11.0 Å². The first kappa shape index (κ1) is 16.6. The van der Waals surface area contributed by atoms with Crippen LogP contribution in [0.3, 0.4) is 0 Å². The van der Waals surface area contributed by atoms with Crippen LogP contribution in [0.15, 0.2) is 48.5 Å². The van der Waals surface area contributed by atoms with E-state index >= 15 is 0 Å². The maximum atomic E-state index is 12.5. The molecule has 1 aliphatic heterocycles. The first-order valence-electron chi connectivity index (χ1n) is 7.91. The quantitative estimate of drug-likeness (QED) is 0.517. The number of carbonyl (C=O) groups is 2. The van der Waals surface area contributed by atoms with Crippen LogP contribution < -0.4 is 5.32 Å². The average molecular weight is 339 g/mol. The molecule has 2 amide bonds. The lowest BCUT2D eigenvalue weighted by Crippen LogP contribution is -2.44. The van der Waals surface area contributed by atoms with E-state index in [9.17, 15) is 19.7 Å². The fraction of sp³-hybridized carbons (Fsp3) is 0.222. The SMILES string of the molecule is C[C@H]1c2ccccc2CCN1C(=O)C(=O)Nc1cccc([N+](=O)[O-])c1. The van der Waals surface area contributed by atoms with Gasteiger partial charge in [-0.15, -0.1) is 0 Å². The molecule has 0 bridgehead atoms. The lowest BCUT2D eigenvalue weighted by atomic mass is 9.93. The normalized spacial score (nSPS) is 16.0. The zero-order chi connectivity index (χ0) is 18.0. The Bertz CT molecular complexity index is 850. The van der Waals surface area contributed by atoms with E-state index in [1.54, 1.807) is 0 Å². The number of nitro groups is 1. The summed E-state index contributed by atoms with van der Waals surface area (Å²) in [7, 11) is 0. The van der Waals surface area contributed by atoms with E-state index in [0.29, 0.717) is 13.0 Å². The van der Waals surface area contributed by atoms with Crippen LogP contribution in [0.2, 0.25) is 0 Å². The molecule has 3 rings (SSSR count). The highest BCUT2D eigenvalue weighted by Crippen LogP contribution is 2.29. The minimum absolute atomic E-state index is 0.148. The fourth-order valence-corrected chi connectivity index (χ4v) is 3.06. The van der Waals surface area contributed by atoms with Gasteiger partial charge in [-0.3, -0.25) is 19.7 Å². The van der Waals surface area contributed by atoms with Gasteiger partial charge in [-0.25, -0.2) is 0 Å². The maximum absolute atomic E-state index is 12.5. The van der Waals surface area contributed by atoms with E-state index in [2.05, 4.69) is 5.32 Å². The molecule has 1 aliphatic rings. The van der Waals surface area contributed by atoms with E-state index in [1.807, 2.05) is 31.2 Å². The van der Waals surface area contributed by atoms with Crippen molar-refractivity contribution < 1.29 is 14.5 Å². The zero-order valence-electron chi connectivity index (χ0n) is 13.6. The Labute approximate surface area is 144 Å². The smallest absolute Gasteiger partial charge is 0.313 e. The monoisotopic (exact) mass is 339 g/mol. The molecule has 0 saturated carbocycles. The summed E-state index contributed by atoms with van der Waals surface area (Å²) < 4.78 is 0. The Balaban J connectivity index is 1.74. The van der Waals surface area contributed by atoms with Crippen LogP contribution in [-0.4, -0.2) is 28.2 Å². The first-order valence-corrected chi connectivity index (χ1v) is 7.91. The molecule has 7 nitrogen and oxygen atoms in total. The minimum atomic E-state index is -0.799. The molecule has 0 radical (unpaired) electrons. The van der Waals surface area contributed by atoms with E-state index < -0.39 is 16.7 Å².